The lowest BCUT2D eigenvalue weighted by atomic mass is 10.2. The lowest BCUT2D eigenvalue weighted by molar-refractivity contribution is -0.139. The van der Waals surface area contributed by atoms with Gasteiger partial charge in [0.15, 0.2) is 5.22 Å². The molecule has 0 aliphatic carbocycles. The zero-order chi connectivity index (χ0) is 14.0. The van der Waals surface area contributed by atoms with E-state index in [9.17, 15) is 17.6 Å². The number of alkyl halides is 3. The molecule has 0 bridgehead atoms. The molecule has 19 heavy (non-hydrogen) atoms. The van der Waals surface area contributed by atoms with Gasteiger partial charge in [-0.25, -0.2) is 4.39 Å². The zero-order valence-electron chi connectivity index (χ0n) is 9.39. The molecule has 0 aliphatic rings. The third-order valence-corrected chi connectivity index (χ3v) is 2.57. The molecule has 2 nitrogen and oxygen atoms in total. The number of benzene rings is 1. The van der Waals surface area contributed by atoms with Crippen LogP contribution in [0.2, 0.25) is 5.22 Å². The van der Waals surface area contributed by atoms with E-state index < -0.39 is 17.6 Å². The van der Waals surface area contributed by atoms with E-state index in [0.717, 1.165) is 6.07 Å². The molecule has 0 saturated carbocycles. The number of halogens is 5. The van der Waals surface area contributed by atoms with E-state index in [1.165, 1.54) is 12.1 Å². The molecule has 0 atom stereocenters. The Hall–Kier alpha value is -1.69. The normalized spacial score (nSPS) is 11.6. The van der Waals surface area contributed by atoms with E-state index in [-0.39, 0.29) is 17.5 Å². The fourth-order valence-corrected chi connectivity index (χ4v) is 1.65. The molecular formula is C12H8ClF4NO. The van der Waals surface area contributed by atoms with Gasteiger partial charge in [-0.15, -0.1) is 0 Å². The number of furan rings is 1. The Labute approximate surface area is 111 Å². The van der Waals surface area contributed by atoms with Gasteiger partial charge < -0.3 is 9.73 Å². The Morgan fingerprint density at radius 1 is 1.16 bits per heavy atom. The van der Waals surface area contributed by atoms with Gasteiger partial charge >= 0.3 is 6.18 Å². The van der Waals surface area contributed by atoms with Crippen molar-refractivity contribution >= 4 is 17.3 Å². The maximum absolute atomic E-state index is 13.0. The summed E-state index contributed by atoms with van der Waals surface area (Å²) in [5.41, 5.74) is -1.17. The van der Waals surface area contributed by atoms with Crippen LogP contribution >= 0.6 is 11.6 Å². The number of anilines is 1. The summed E-state index contributed by atoms with van der Waals surface area (Å²) in [5.74, 6) is -0.845. The summed E-state index contributed by atoms with van der Waals surface area (Å²) in [6, 6.07) is 5.79. The van der Waals surface area contributed by atoms with Crippen molar-refractivity contribution < 1.29 is 22.0 Å². The summed E-state index contributed by atoms with van der Waals surface area (Å²) >= 11 is 5.56. The van der Waals surface area contributed by atoms with Crippen molar-refractivity contribution in [3.8, 4) is 0 Å². The van der Waals surface area contributed by atoms with Crippen LogP contribution in [0.15, 0.2) is 34.7 Å². The molecule has 1 heterocycles. The van der Waals surface area contributed by atoms with Crippen molar-refractivity contribution in [2.24, 2.45) is 0 Å². The first-order valence-electron chi connectivity index (χ1n) is 5.21. The number of hydrogen-bond acceptors (Lipinski definition) is 2. The van der Waals surface area contributed by atoms with Crippen molar-refractivity contribution in [3.05, 3.63) is 52.7 Å². The second-order valence-electron chi connectivity index (χ2n) is 3.75. The molecule has 1 aromatic heterocycles. The van der Waals surface area contributed by atoms with Crippen molar-refractivity contribution in [3.63, 3.8) is 0 Å². The maximum atomic E-state index is 13.0. The first-order valence-corrected chi connectivity index (χ1v) is 5.59. The van der Waals surface area contributed by atoms with Crippen molar-refractivity contribution in [1.29, 1.82) is 0 Å². The summed E-state index contributed by atoms with van der Waals surface area (Å²) in [6.45, 7) is 0.148. The van der Waals surface area contributed by atoms with Gasteiger partial charge in [0.25, 0.3) is 0 Å². The highest BCUT2D eigenvalue weighted by Gasteiger charge is 2.34. The van der Waals surface area contributed by atoms with Gasteiger partial charge in [-0.3, -0.25) is 0 Å². The van der Waals surface area contributed by atoms with Crippen LogP contribution in [0.1, 0.15) is 11.3 Å². The molecule has 2 aromatic rings. The third kappa shape index (κ3) is 3.41. The van der Waals surface area contributed by atoms with Crippen LogP contribution < -0.4 is 5.32 Å². The molecule has 7 heteroatoms. The SMILES string of the molecule is Fc1ccc(NCc2ccc(Cl)o2)cc1C(F)(F)F. The van der Waals surface area contributed by atoms with Gasteiger partial charge in [0.05, 0.1) is 12.1 Å². The number of hydrogen-bond donors (Lipinski definition) is 1. The van der Waals surface area contributed by atoms with Crippen molar-refractivity contribution in [1.82, 2.24) is 0 Å². The molecule has 2 rings (SSSR count). The first-order chi connectivity index (χ1) is 8.86. The predicted octanol–water partition coefficient (Wildman–Crippen LogP) is 4.70. The predicted molar refractivity (Wildman–Crippen MR) is 62.4 cm³/mol. The molecule has 0 saturated heterocycles. The molecule has 0 spiro atoms. The van der Waals surface area contributed by atoms with E-state index >= 15 is 0 Å². The zero-order valence-corrected chi connectivity index (χ0v) is 10.1. The van der Waals surface area contributed by atoms with Gasteiger partial charge in [-0.1, -0.05) is 0 Å². The second kappa shape index (κ2) is 5.13. The largest absolute Gasteiger partial charge is 0.448 e. The summed E-state index contributed by atoms with van der Waals surface area (Å²) in [4.78, 5) is 0. The minimum Gasteiger partial charge on any atom is -0.448 e. The lowest BCUT2D eigenvalue weighted by Gasteiger charge is -2.11. The van der Waals surface area contributed by atoms with Crippen LogP contribution in [0, 0.1) is 5.82 Å². The van der Waals surface area contributed by atoms with Crippen molar-refractivity contribution in [2.75, 3.05) is 5.32 Å². The average molecular weight is 294 g/mol. The van der Waals surface area contributed by atoms with E-state index in [4.69, 9.17) is 16.0 Å². The molecule has 102 valence electrons. The Bertz CT molecular complexity index is 579. The van der Waals surface area contributed by atoms with E-state index in [1.54, 1.807) is 6.07 Å². The fourth-order valence-electron chi connectivity index (χ4n) is 1.49. The summed E-state index contributed by atoms with van der Waals surface area (Å²) < 4.78 is 55.6. The molecule has 0 fully saturated rings. The Kier molecular flexibility index (Phi) is 3.71. The van der Waals surface area contributed by atoms with Gasteiger partial charge in [-0.2, -0.15) is 13.2 Å². The Morgan fingerprint density at radius 3 is 2.47 bits per heavy atom. The standard InChI is InChI=1S/C12H8ClF4NO/c13-11-4-2-8(19-11)6-18-7-1-3-10(14)9(5-7)12(15,16)17/h1-5,18H,6H2. The van der Waals surface area contributed by atoms with Crippen LogP contribution in [-0.4, -0.2) is 0 Å². The quantitative estimate of drug-likeness (QED) is 0.830. The van der Waals surface area contributed by atoms with Crippen LogP contribution in [0.5, 0.6) is 0 Å². The van der Waals surface area contributed by atoms with Crippen molar-refractivity contribution in [2.45, 2.75) is 12.7 Å². The van der Waals surface area contributed by atoms with Crippen LogP contribution in [-0.2, 0) is 12.7 Å². The minimum absolute atomic E-state index is 0.140. The summed E-state index contributed by atoms with van der Waals surface area (Å²) in [6.07, 6.45) is -4.73. The first kappa shape index (κ1) is 13.7. The summed E-state index contributed by atoms with van der Waals surface area (Å²) in [5, 5.41) is 2.88. The molecule has 1 N–H and O–H groups in total. The van der Waals surface area contributed by atoms with Crippen LogP contribution in [0.4, 0.5) is 23.2 Å². The van der Waals surface area contributed by atoms with Gasteiger partial charge in [0, 0.05) is 5.69 Å². The maximum Gasteiger partial charge on any atom is 0.419 e. The van der Waals surface area contributed by atoms with Gasteiger partial charge in [0.1, 0.15) is 11.6 Å². The highest BCUT2D eigenvalue weighted by Crippen LogP contribution is 2.33. The monoisotopic (exact) mass is 293 g/mol. The molecule has 0 unspecified atom stereocenters. The fraction of sp³-hybridized carbons (Fsp3) is 0.167. The average Bonchev–Trinajstić information content (AvgIpc) is 2.72. The second-order valence-corrected chi connectivity index (χ2v) is 4.12. The minimum atomic E-state index is -4.73. The Balaban J connectivity index is 2.13. The smallest absolute Gasteiger partial charge is 0.419 e. The number of rotatable bonds is 3. The highest BCUT2D eigenvalue weighted by molar-refractivity contribution is 6.28. The lowest BCUT2D eigenvalue weighted by Crippen LogP contribution is -2.09. The molecule has 0 amide bonds. The Morgan fingerprint density at radius 2 is 1.89 bits per heavy atom. The van der Waals surface area contributed by atoms with E-state index in [2.05, 4.69) is 5.32 Å². The molecule has 0 radical (unpaired) electrons. The topological polar surface area (TPSA) is 25.2 Å². The van der Waals surface area contributed by atoms with E-state index in [1.807, 2.05) is 0 Å². The van der Waals surface area contributed by atoms with Crippen LogP contribution in [0.25, 0.3) is 0 Å². The number of nitrogens with one attached hydrogen (secondary N) is 1. The van der Waals surface area contributed by atoms with Gasteiger partial charge in [-0.05, 0) is 41.9 Å². The molecule has 0 aliphatic heterocycles. The van der Waals surface area contributed by atoms with Crippen LogP contribution in [0.3, 0.4) is 0 Å². The third-order valence-electron chi connectivity index (χ3n) is 2.37. The van der Waals surface area contributed by atoms with Gasteiger partial charge in [0.2, 0.25) is 0 Å². The summed E-state index contributed by atoms with van der Waals surface area (Å²) in [7, 11) is 0. The highest BCUT2D eigenvalue weighted by atomic mass is 35.5. The molecule has 1 aromatic carbocycles. The van der Waals surface area contributed by atoms with E-state index in [0.29, 0.717) is 11.8 Å². The molecular weight excluding hydrogens is 286 g/mol.